The second-order valence-electron chi connectivity index (χ2n) is 10.0. The van der Waals surface area contributed by atoms with Crippen LogP contribution in [0.25, 0.3) is 10.9 Å². The lowest BCUT2D eigenvalue weighted by Crippen LogP contribution is -2.43. The van der Waals surface area contributed by atoms with Crippen LogP contribution in [0.3, 0.4) is 0 Å². The van der Waals surface area contributed by atoms with Crippen molar-refractivity contribution in [2.24, 2.45) is 0 Å². The van der Waals surface area contributed by atoms with Gasteiger partial charge in [-0.05, 0) is 81.5 Å². The Morgan fingerprint density at radius 1 is 1.21 bits per heavy atom. The van der Waals surface area contributed by atoms with Crippen molar-refractivity contribution in [2.45, 2.75) is 72.8 Å². The van der Waals surface area contributed by atoms with E-state index in [1.807, 2.05) is 24.7 Å². The highest BCUT2D eigenvalue weighted by molar-refractivity contribution is 5.79. The monoisotopic (exact) mass is 449 g/mol. The first-order chi connectivity index (χ1) is 15.6. The summed E-state index contributed by atoms with van der Waals surface area (Å²) in [5, 5.41) is 5.65. The SMILES string of the molecule is CC(=O)OC(C)(C)CN1CCc2c(ccc(OCc3ccc4c(cnn4C(C)C)c3)c2C)C1. The molecule has 0 radical (unpaired) electrons. The molecule has 2 aromatic carbocycles. The standard InChI is InChI=1S/C27H35N3O3/c1-18(2)30-25-9-7-21(13-23(25)14-28-30)16-32-26-10-8-22-15-29(12-11-24(22)19(26)3)17-27(5,6)33-20(4)31/h7-10,13-14,18H,11-12,15-17H2,1-6H3. The van der Waals surface area contributed by atoms with Crippen LogP contribution in [-0.2, 0) is 29.1 Å². The number of ether oxygens (including phenoxy) is 2. The van der Waals surface area contributed by atoms with E-state index in [4.69, 9.17) is 9.47 Å². The zero-order chi connectivity index (χ0) is 23.8. The molecule has 1 aliphatic rings. The Morgan fingerprint density at radius 3 is 2.73 bits per heavy atom. The lowest BCUT2D eigenvalue weighted by molar-refractivity contribution is -0.155. The maximum atomic E-state index is 11.4. The molecule has 0 unspecified atom stereocenters. The first kappa shape index (κ1) is 23.3. The molecular formula is C27H35N3O3. The normalized spacial score (nSPS) is 14.5. The van der Waals surface area contributed by atoms with E-state index >= 15 is 0 Å². The van der Waals surface area contributed by atoms with Crippen molar-refractivity contribution in [1.82, 2.24) is 14.7 Å². The number of fused-ring (bicyclic) bond motifs is 2. The zero-order valence-corrected chi connectivity index (χ0v) is 20.6. The van der Waals surface area contributed by atoms with Crippen molar-refractivity contribution in [3.05, 3.63) is 58.8 Å². The summed E-state index contributed by atoms with van der Waals surface area (Å²) in [4.78, 5) is 13.7. The zero-order valence-electron chi connectivity index (χ0n) is 20.6. The summed E-state index contributed by atoms with van der Waals surface area (Å²) in [6.07, 6.45) is 2.90. The second-order valence-corrected chi connectivity index (χ2v) is 10.0. The lowest BCUT2D eigenvalue weighted by Gasteiger charge is -2.35. The Hall–Kier alpha value is -2.86. The van der Waals surface area contributed by atoms with E-state index < -0.39 is 5.60 Å². The molecule has 0 atom stereocenters. The Bertz CT molecular complexity index is 1160. The molecule has 0 spiro atoms. The van der Waals surface area contributed by atoms with Crippen molar-refractivity contribution in [3.63, 3.8) is 0 Å². The van der Waals surface area contributed by atoms with E-state index in [1.165, 1.54) is 23.6 Å². The number of carbonyl (C=O) groups is 1. The summed E-state index contributed by atoms with van der Waals surface area (Å²) in [6.45, 7) is 14.9. The van der Waals surface area contributed by atoms with Crippen LogP contribution in [0.2, 0.25) is 0 Å². The molecule has 0 aliphatic carbocycles. The molecule has 0 fully saturated rings. The largest absolute Gasteiger partial charge is 0.489 e. The van der Waals surface area contributed by atoms with Crippen molar-refractivity contribution in [2.75, 3.05) is 13.1 Å². The van der Waals surface area contributed by atoms with Gasteiger partial charge in [0.25, 0.3) is 0 Å². The quantitative estimate of drug-likeness (QED) is 0.464. The molecule has 0 N–H and O–H groups in total. The van der Waals surface area contributed by atoms with Gasteiger partial charge in [-0.25, -0.2) is 0 Å². The summed E-state index contributed by atoms with van der Waals surface area (Å²) in [5.41, 5.74) is 5.73. The van der Waals surface area contributed by atoms with Gasteiger partial charge in [-0.2, -0.15) is 5.10 Å². The van der Waals surface area contributed by atoms with Crippen LogP contribution in [0.5, 0.6) is 5.75 Å². The Morgan fingerprint density at radius 2 is 2.00 bits per heavy atom. The molecule has 4 rings (SSSR count). The highest BCUT2D eigenvalue weighted by atomic mass is 16.6. The molecule has 1 aromatic heterocycles. The summed E-state index contributed by atoms with van der Waals surface area (Å²) < 4.78 is 13.8. The third-order valence-electron chi connectivity index (χ3n) is 6.29. The molecule has 0 saturated heterocycles. The molecule has 2 heterocycles. The minimum Gasteiger partial charge on any atom is -0.489 e. The number of rotatable bonds is 7. The van der Waals surface area contributed by atoms with Gasteiger partial charge in [0, 0.05) is 38.0 Å². The molecule has 33 heavy (non-hydrogen) atoms. The molecule has 3 aromatic rings. The molecule has 176 valence electrons. The highest BCUT2D eigenvalue weighted by Crippen LogP contribution is 2.31. The molecule has 0 bridgehead atoms. The van der Waals surface area contributed by atoms with Gasteiger partial charge >= 0.3 is 5.97 Å². The van der Waals surface area contributed by atoms with Gasteiger partial charge < -0.3 is 9.47 Å². The summed E-state index contributed by atoms with van der Waals surface area (Å²) in [7, 11) is 0. The fraction of sp³-hybridized carbons (Fsp3) is 0.481. The maximum Gasteiger partial charge on any atom is 0.303 e. The fourth-order valence-corrected chi connectivity index (χ4v) is 4.89. The number of carbonyl (C=O) groups excluding carboxylic acids is 1. The van der Waals surface area contributed by atoms with E-state index in [1.54, 1.807) is 0 Å². The predicted octanol–water partition coefficient (Wildman–Crippen LogP) is 5.20. The Labute approximate surface area is 196 Å². The van der Waals surface area contributed by atoms with Gasteiger partial charge in [0.1, 0.15) is 18.0 Å². The summed E-state index contributed by atoms with van der Waals surface area (Å²) in [6, 6.07) is 11.0. The van der Waals surface area contributed by atoms with E-state index in [9.17, 15) is 4.79 Å². The molecule has 0 amide bonds. The first-order valence-electron chi connectivity index (χ1n) is 11.8. The van der Waals surface area contributed by atoms with Crippen LogP contribution in [0.15, 0.2) is 36.5 Å². The minimum atomic E-state index is -0.492. The maximum absolute atomic E-state index is 11.4. The molecule has 6 heteroatoms. The number of benzene rings is 2. The van der Waals surface area contributed by atoms with Crippen LogP contribution >= 0.6 is 0 Å². The predicted molar refractivity (Wildman–Crippen MR) is 130 cm³/mol. The van der Waals surface area contributed by atoms with Crippen molar-refractivity contribution < 1.29 is 14.3 Å². The molecule has 0 saturated carbocycles. The summed E-state index contributed by atoms with van der Waals surface area (Å²) >= 11 is 0. The number of hydrogen-bond donors (Lipinski definition) is 0. The average Bonchev–Trinajstić information content (AvgIpc) is 3.15. The number of aromatic nitrogens is 2. The average molecular weight is 450 g/mol. The van der Waals surface area contributed by atoms with Gasteiger partial charge in [-0.15, -0.1) is 0 Å². The number of nitrogens with zero attached hydrogens (tertiary/aromatic N) is 3. The number of esters is 1. The fourth-order valence-electron chi connectivity index (χ4n) is 4.89. The van der Waals surface area contributed by atoms with E-state index in [0.29, 0.717) is 12.6 Å². The molecular weight excluding hydrogens is 414 g/mol. The van der Waals surface area contributed by atoms with Crippen LogP contribution in [0, 0.1) is 6.92 Å². The molecule has 6 nitrogen and oxygen atoms in total. The van der Waals surface area contributed by atoms with E-state index in [-0.39, 0.29) is 5.97 Å². The van der Waals surface area contributed by atoms with Crippen LogP contribution in [-0.4, -0.2) is 39.3 Å². The Balaban J connectivity index is 1.43. The Kier molecular flexibility index (Phi) is 6.48. The topological polar surface area (TPSA) is 56.6 Å². The smallest absolute Gasteiger partial charge is 0.303 e. The van der Waals surface area contributed by atoms with Gasteiger partial charge in [-0.3, -0.25) is 14.4 Å². The van der Waals surface area contributed by atoms with E-state index in [2.05, 4.69) is 61.1 Å². The number of hydrogen-bond acceptors (Lipinski definition) is 5. The van der Waals surface area contributed by atoms with Crippen LogP contribution in [0.4, 0.5) is 0 Å². The van der Waals surface area contributed by atoms with Crippen LogP contribution < -0.4 is 4.74 Å². The highest BCUT2D eigenvalue weighted by Gasteiger charge is 2.28. The van der Waals surface area contributed by atoms with E-state index in [0.717, 1.165) is 48.3 Å². The van der Waals surface area contributed by atoms with Crippen molar-refractivity contribution in [3.8, 4) is 5.75 Å². The van der Waals surface area contributed by atoms with Crippen LogP contribution in [0.1, 0.15) is 62.9 Å². The first-order valence-corrected chi connectivity index (χ1v) is 11.8. The van der Waals surface area contributed by atoms with Gasteiger partial charge in [0.2, 0.25) is 0 Å². The van der Waals surface area contributed by atoms with Gasteiger partial charge in [0.15, 0.2) is 0 Å². The van der Waals surface area contributed by atoms with Gasteiger partial charge in [0.05, 0.1) is 11.7 Å². The summed E-state index contributed by atoms with van der Waals surface area (Å²) in [5.74, 6) is 0.711. The second kappa shape index (κ2) is 9.18. The minimum absolute atomic E-state index is 0.233. The van der Waals surface area contributed by atoms with Gasteiger partial charge in [-0.1, -0.05) is 12.1 Å². The third-order valence-corrected chi connectivity index (χ3v) is 6.29. The van der Waals surface area contributed by atoms with Crippen molar-refractivity contribution in [1.29, 1.82) is 0 Å². The third kappa shape index (κ3) is 5.22. The molecule has 1 aliphatic heterocycles. The lowest BCUT2D eigenvalue weighted by atomic mass is 9.93. The van der Waals surface area contributed by atoms with Crippen molar-refractivity contribution >= 4 is 16.9 Å².